The van der Waals surface area contributed by atoms with Crippen molar-refractivity contribution in [2.24, 2.45) is 0 Å². The second kappa shape index (κ2) is 3.22. The maximum atomic E-state index is 11.0. The molecule has 1 aliphatic heterocycles. The predicted molar refractivity (Wildman–Crippen MR) is 42.3 cm³/mol. The quantitative estimate of drug-likeness (QED) is 0.640. The molecule has 1 rings (SSSR count). The zero-order valence-electron chi connectivity index (χ0n) is 7.14. The van der Waals surface area contributed by atoms with Crippen LogP contribution in [0.2, 0.25) is 0 Å². The molecule has 0 radical (unpaired) electrons. The molecule has 1 saturated heterocycles. The van der Waals surface area contributed by atoms with Gasteiger partial charge in [-0.15, -0.1) is 0 Å². The average Bonchev–Trinajstić information content (AvgIpc) is 2.36. The Morgan fingerprint density at radius 2 is 2.45 bits per heavy atom. The van der Waals surface area contributed by atoms with Gasteiger partial charge in [-0.1, -0.05) is 6.92 Å². The van der Waals surface area contributed by atoms with E-state index >= 15 is 0 Å². The van der Waals surface area contributed by atoms with Crippen LogP contribution in [0.1, 0.15) is 26.7 Å². The topological polar surface area (TPSA) is 38.3 Å². The molecule has 1 N–H and O–H groups in total. The number of rotatable bonds is 2. The lowest BCUT2D eigenvalue weighted by atomic mass is 10.0. The summed E-state index contributed by atoms with van der Waals surface area (Å²) in [6.07, 6.45) is 1.48. The van der Waals surface area contributed by atoms with E-state index in [-0.39, 0.29) is 11.4 Å². The summed E-state index contributed by atoms with van der Waals surface area (Å²) >= 11 is 0. The zero-order valence-corrected chi connectivity index (χ0v) is 7.14. The fraction of sp³-hybridized carbons (Fsp3) is 0.875. The number of amides is 1. The van der Waals surface area contributed by atoms with E-state index in [0.29, 0.717) is 13.0 Å². The molecule has 3 nitrogen and oxygen atoms in total. The minimum absolute atomic E-state index is 0.104. The minimum Gasteiger partial charge on any atom is -0.379 e. The van der Waals surface area contributed by atoms with Crippen molar-refractivity contribution in [2.45, 2.75) is 32.2 Å². The second-order valence-electron chi connectivity index (χ2n) is 3.26. The monoisotopic (exact) mass is 157 g/mol. The lowest BCUT2D eigenvalue weighted by Crippen LogP contribution is -2.46. The van der Waals surface area contributed by atoms with Crippen molar-refractivity contribution < 1.29 is 9.53 Å². The van der Waals surface area contributed by atoms with E-state index in [1.165, 1.54) is 0 Å². The minimum atomic E-state index is -0.104. The van der Waals surface area contributed by atoms with Crippen molar-refractivity contribution in [3.8, 4) is 0 Å². The molecule has 11 heavy (non-hydrogen) atoms. The van der Waals surface area contributed by atoms with Crippen LogP contribution in [-0.2, 0) is 9.53 Å². The van der Waals surface area contributed by atoms with Gasteiger partial charge in [0.2, 0.25) is 5.91 Å². The summed E-state index contributed by atoms with van der Waals surface area (Å²) in [6.45, 7) is 5.29. The standard InChI is InChI=1S/C8H15NO2/c1-3-7(10)9-8(2)4-5-11-6-8/h3-6H2,1-2H3,(H,9,10). The molecule has 0 bridgehead atoms. The first-order valence-corrected chi connectivity index (χ1v) is 4.05. The Morgan fingerprint density at radius 1 is 1.73 bits per heavy atom. The summed E-state index contributed by atoms with van der Waals surface area (Å²) < 4.78 is 5.19. The molecule has 0 aromatic heterocycles. The number of carbonyl (C=O) groups excluding carboxylic acids is 1. The van der Waals surface area contributed by atoms with Crippen molar-refractivity contribution in [3.05, 3.63) is 0 Å². The largest absolute Gasteiger partial charge is 0.379 e. The molecule has 0 saturated carbocycles. The highest BCUT2D eigenvalue weighted by molar-refractivity contribution is 5.76. The molecule has 0 spiro atoms. The van der Waals surface area contributed by atoms with Crippen LogP contribution in [0.15, 0.2) is 0 Å². The summed E-state index contributed by atoms with van der Waals surface area (Å²) in [7, 11) is 0. The summed E-state index contributed by atoms with van der Waals surface area (Å²) in [5, 5.41) is 2.94. The summed E-state index contributed by atoms with van der Waals surface area (Å²) in [6, 6.07) is 0. The Bertz CT molecular complexity index is 150. The second-order valence-corrected chi connectivity index (χ2v) is 3.26. The van der Waals surface area contributed by atoms with Gasteiger partial charge in [0.25, 0.3) is 0 Å². The maximum Gasteiger partial charge on any atom is 0.220 e. The maximum absolute atomic E-state index is 11.0. The highest BCUT2D eigenvalue weighted by Gasteiger charge is 2.30. The van der Waals surface area contributed by atoms with Crippen molar-refractivity contribution >= 4 is 5.91 Å². The fourth-order valence-electron chi connectivity index (χ4n) is 1.19. The molecule has 1 aliphatic rings. The van der Waals surface area contributed by atoms with E-state index in [2.05, 4.69) is 5.32 Å². The number of hydrogen-bond donors (Lipinski definition) is 1. The third-order valence-electron chi connectivity index (χ3n) is 1.98. The van der Waals surface area contributed by atoms with Crippen LogP contribution in [0.5, 0.6) is 0 Å². The Kier molecular flexibility index (Phi) is 2.49. The molecule has 64 valence electrons. The third kappa shape index (κ3) is 2.19. The van der Waals surface area contributed by atoms with Crippen molar-refractivity contribution in [1.29, 1.82) is 0 Å². The van der Waals surface area contributed by atoms with Gasteiger partial charge in [0.1, 0.15) is 0 Å². The highest BCUT2D eigenvalue weighted by Crippen LogP contribution is 2.17. The number of nitrogens with one attached hydrogen (secondary N) is 1. The van der Waals surface area contributed by atoms with Crippen molar-refractivity contribution in [1.82, 2.24) is 5.32 Å². The van der Waals surface area contributed by atoms with Gasteiger partial charge in [-0.25, -0.2) is 0 Å². The van der Waals surface area contributed by atoms with Crippen LogP contribution in [0.4, 0.5) is 0 Å². The summed E-state index contributed by atoms with van der Waals surface area (Å²) in [4.78, 5) is 11.0. The molecular formula is C8H15NO2. The van der Waals surface area contributed by atoms with Crippen molar-refractivity contribution in [3.63, 3.8) is 0 Å². The third-order valence-corrected chi connectivity index (χ3v) is 1.98. The molecule has 0 aromatic carbocycles. The fourth-order valence-corrected chi connectivity index (χ4v) is 1.19. The molecule has 1 amide bonds. The van der Waals surface area contributed by atoms with Crippen LogP contribution in [0.3, 0.4) is 0 Å². The molecular weight excluding hydrogens is 142 g/mol. The Hall–Kier alpha value is -0.570. The van der Waals surface area contributed by atoms with Gasteiger partial charge in [-0.05, 0) is 13.3 Å². The van der Waals surface area contributed by atoms with E-state index in [1.807, 2.05) is 13.8 Å². The molecule has 1 unspecified atom stereocenters. The van der Waals surface area contributed by atoms with Gasteiger partial charge in [0, 0.05) is 13.0 Å². The first-order valence-electron chi connectivity index (χ1n) is 4.05. The highest BCUT2D eigenvalue weighted by atomic mass is 16.5. The number of ether oxygens (including phenoxy) is 1. The van der Waals surface area contributed by atoms with Gasteiger partial charge in [-0.3, -0.25) is 4.79 Å². The first-order chi connectivity index (χ1) is 5.16. The van der Waals surface area contributed by atoms with E-state index in [0.717, 1.165) is 13.0 Å². The summed E-state index contributed by atoms with van der Waals surface area (Å²) in [5.41, 5.74) is -0.104. The predicted octanol–water partition coefficient (Wildman–Crippen LogP) is 0.692. The van der Waals surface area contributed by atoms with E-state index in [1.54, 1.807) is 0 Å². The van der Waals surface area contributed by atoms with Crippen LogP contribution < -0.4 is 5.32 Å². The SMILES string of the molecule is CCC(=O)NC1(C)CCOC1. The Balaban J connectivity index is 2.39. The van der Waals surface area contributed by atoms with Crippen LogP contribution in [-0.4, -0.2) is 24.7 Å². The van der Waals surface area contributed by atoms with Gasteiger partial charge in [-0.2, -0.15) is 0 Å². The zero-order chi connectivity index (χ0) is 8.32. The van der Waals surface area contributed by atoms with Crippen LogP contribution in [0, 0.1) is 0 Å². The van der Waals surface area contributed by atoms with Gasteiger partial charge in [0.15, 0.2) is 0 Å². The average molecular weight is 157 g/mol. The number of hydrogen-bond acceptors (Lipinski definition) is 2. The molecule has 1 fully saturated rings. The Labute approximate surface area is 67.1 Å². The Morgan fingerprint density at radius 3 is 2.91 bits per heavy atom. The van der Waals surface area contributed by atoms with Crippen LogP contribution in [0.25, 0.3) is 0 Å². The lowest BCUT2D eigenvalue weighted by molar-refractivity contribution is -0.122. The smallest absolute Gasteiger partial charge is 0.220 e. The van der Waals surface area contributed by atoms with Gasteiger partial charge < -0.3 is 10.1 Å². The van der Waals surface area contributed by atoms with Gasteiger partial charge in [0.05, 0.1) is 12.1 Å². The van der Waals surface area contributed by atoms with Crippen LogP contribution >= 0.6 is 0 Å². The number of carbonyl (C=O) groups is 1. The van der Waals surface area contributed by atoms with E-state index < -0.39 is 0 Å². The van der Waals surface area contributed by atoms with E-state index in [4.69, 9.17) is 4.74 Å². The molecule has 0 aliphatic carbocycles. The summed E-state index contributed by atoms with van der Waals surface area (Å²) in [5.74, 6) is 0.109. The molecule has 0 aromatic rings. The van der Waals surface area contributed by atoms with Gasteiger partial charge >= 0.3 is 0 Å². The molecule has 1 atom stereocenters. The molecule has 3 heteroatoms. The van der Waals surface area contributed by atoms with Crippen molar-refractivity contribution in [2.75, 3.05) is 13.2 Å². The lowest BCUT2D eigenvalue weighted by Gasteiger charge is -2.22. The molecule has 1 heterocycles. The normalized spacial score (nSPS) is 30.4. The van der Waals surface area contributed by atoms with E-state index in [9.17, 15) is 4.79 Å². The first kappa shape index (κ1) is 8.53.